The third kappa shape index (κ3) is 3.13. The van der Waals surface area contributed by atoms with Crippen LogP contribution in [0.5, 0.6) is 0 Å². The van der Waals surface area contributed by atoms with Crippen LogP contribution in [0.4, 0.5) is 0 Å². The van der Waals surface area contributed by atoms with Gasteiger partial charge in [-0.25, -0.2) is 0 Å². The Hall–Kier alpha value is -1.94. The molecule has 8 atom stereocenters. The van der Waals surface area contributed by atoms with Crippen LogP contribution < -0.4 is 0 Å². The lowest BCUT2D eigenvalue weighted by atomic mass is 9.46. The van der Waals surface area contributed by atoms with E-state index in [4.69, 9.17) is 4.84 Å². The van der Waals surface area contributed by atoms with E-state index in [1.807, 2.05) is 0 Å². The molecule has 5 aliphatic rings. The molecule has 1 N–H and O–H groups in total. The first kappa shape index (κ1) is 22.5. The van der Waals surface area contributed by atoms with Gasteiger partial charge in [0.1, 0.15) is 0 Å². The van der Waals surface area contributed by atoms with E-state index < -0.39 is 5.60 Å². The molecule has 1 heterocycles. The van der Waals surface area contributed by atoms with Gasteiger partial charge in [0.05, 0.1) is 11.8 Å². The molecule has 1 aliphatic heterocycles. The van der Waals surface area contributed by atoms with Crippen molar-refractivity contribution < 1.29 is 14.7 Å². The highest BCUT2D eigenvalue weighted by Crippen LogP contribution is 2.68. The minimum atomic E-state index is -0.828. The summed E-state index contributed by atoms with van der Waals surface area (Å²) < 4.78 is 0. The largest absolute Gasteiger partial charge is 0.393 e. The lowest BCUT2D eigenvalue weighted by Gasteiger charge is -2.58. The zero-order valence-corrected chi connectivity index (χ0v) is 20.9. The Labute approximate surface area is 203 Å². The summed E-state index contributed by atoms with van der Waals surface area (Å²) >= 11 is 0. The number of carbonyl (C=O) groups is 1. The van der Waals surface area contributed by atoms with Gasteiger partial charge in [0.25, 0.3) is 0 Å². The first-order chi connectivity index (χ1) is 16.3. The van der Waals surface area contributed by atoms with Crippen LogP contribution in [0, 0.1) is 41.4 Å². The van der Waals surface area contributed by atoms with E-state index in [9.17, 15) is 9.90 Å². The number of allylic oxidation sites excluding steroid dienone is 1. The van der Waals surface area contributed by atoms with Crippen LogP contribution >= 0.6 is 0 Å². The molecule has 0 amide bonds. The molecular weight excluding hydrogens is 422 g/mol. The van der Waals surface area contributed by atoms with Crippen LogP contribution in [-0.4, -0.2) is 28.8 Å². The molecule has 6 rings (SSSR count). The number of aldehydes is 1. The van der Waals surface area contributed by atoms with Crippen molar-refractivity contribution in [1.82, 2.24) is 0 Å². The van der Waals surface area contributed by atoms with Crippen LogP contribution in [0.1, 0.15) is 82.8 Å². The van der Waals surface area contributed by atoms with Gasteiger partial charge < -0.3 is 9.94 Å². The second kappa shape index (κ2) is 7.78. The Balaban J connectivity index is 1.27. The van der Waals surface area contributed by atoms with Crippen LogP contribution in [-0.2, 0) is 9.63 Å². The molecule has 1 aromatic carbocycles. The fourth-order valence-corrected chi connectivity index (χ4v) is 9.14. The van der Waals surface area contributed by atoms with E-state index in [2.05, 4.69) is 56.3 Å². The summed E-state index contributed by atoms with van der Waals surface area (Å²) in [6.07, 6.45) is 12.7. The fraction of sp³-hybridized carbons (Fsp3) is 0.667. The summed E-state index contributed by atoms with van der Waals surface area (Å²) in [5.74, 6) is 2.21. The van der Waals surface area contributed by atoms with E-state index >= 15 is 0 Å². The second-order valence-electron chi connectivity index (χ2n) is 12.6. The lowest BCUT2D eigenvalue weighted by Crippen LogP contribution is -2.54. The number of aryl methyl sites for hydroxylation is 1. The van der Waals surface area contributed by atoms with Gasteiger partial charge in [0.15, 0.2) is 6.29 Å². The van der Waals surface area contributed by atoms with Gasteiger partial charge in [-0.2, -0.15) is 0 Å². The van der Waals surface area contributed by atoms with Gasteiger partial charge in [-0.3, -0.25) is 4.79 Å². The summed E-state index contributed by atoms with van der Waals surface area (Å²) in [6.45, 7) is 7.02. The number of carbonyl (C=O) groups excluding carboxylic acids is 1. The van der Waals surface area contributed by atoms with Gasteiger partial charge in [0, 0.05) is 12.3 Å². The summed E-state index contributed by atoms with van der Waals surface area (Å²) in [5, 5.41) is 14.8. The molecule has 0 radical (unpaired) electrons. The topological polar surface area (TPSA) is 58.9 Å². The molecule has 4 heteroatoms. The molecule has 0 spiro atoms. The van der Waals surface area contributed by atoms with Gasteiger partial charge in [0.2, 0.25) is 5.60 Å². The molecule has 1 aromatic rings. The van der Waals surface area contributed by atoms with E-state index in [-0.39, 0.29) is 22.9 Å². The van der Waals surface area contributed by atoms with Crippen molar-refractivity contribution in [3.63, 3.8) is 0 Å². The molecule has 0 bridgehead atoms. The van der Waals surface area contributed by atoms with Crippen LogP contribution in [0.3, 0.4) is 0 Å². The van der Waals surface area contributed by atoms with Gasteiger partial charge in [-0.15, -0.1) is 0 Å². The molecule has 0 aromatic heterocycles. The predicted molar refractivity (Wildman–Crippen MR) is 133 cm³/mol. The normalized spacial score (nSPS) is 45.4. The van der Waals surface area contributed by atoms with Gasteiger partial charge >= 0.3 is 0 Å². The number of hydrogen-bond donors (Lipinski definition) is 1. The van der Waals surface area contributed by atoms with Crippen molar-refractivity contribution in [2.75, 3.05) is 0 Å². The van der Waals surface area contributed by atoms with Crippen LogP contribution in [0.25, 0.3) is 0 Å². The zero-order chi connectivity index (χ0) is 23.7. The number of hydrogen-bond acceptors (Lipinski definition) is 4. The minimum absolute atomic E-state index is 0.107. The molecule has 0 saturated heterocycles. The summed E-state index contributed by atoms with van der Waals surface area (Å²) in [4.78, 5) is 18.8. The number of oxime groups is 1. The average molecular weight is 462 g/mol. The summed E-state index contributed by atoms with van der Waals surface area (Å²) in [6, 6.07) is 8.39. The van der Waals surface area contributed by atoms with E-state index in [1.165, 1.54) is 24.0 Å². The van der Waals surface area contributed by atoms with Crippen molar-refractivity contribution in [1.29, 1.82) is 0 Å². The Morgan fingerprint density at radius 3 is 2.62 bits per heavy atom. The number of rotatable bonds is 3. The second-order valence-corrected chi connectivity index (χ2v) is 12.6. The summed E-state index contributed by atoms with van der Waals surface area (Å²) in [5.41, 5.74) is 4.24. The van der Waals surface area contributed by atoms with Crippen LogP contribution in [0.15, 0.2) is 41.1 Å². The first-order valence-corrected chi connectivity index (χ1v) is 13.4. The van der Waals surface area contributed by atoms with Crippen molar-refractivity contribution in [3.05, 3.63) is 47.0 Å². The van der Waals surface area contributed by atoms with Crippen molar-refractivity contribution in [2.24, 2.45) is 39.7 Å². The number of benzene rings is 1. The maximum atomic E-state index is 12.7. The molecule has 1 unspecified atom stereocenters. The molecule has 3 fully saturated rings. The third-order valence-electron chi connectivity index (χ3n) is 11.0. The standard InChI is InChI=1S/C30H39NO3/c1-19-4-6-20(7-5-19)26-17-30(18-32,34-31-26)27-11-10-24-23-9-8-21-16-22(33)12-14-28(21,2)25(23)13-15-29(24,27)3/h4-8,18,22-25,27,33H,9-17H2,1-3H3/t22-,23-,24-,25-,27-,28-,29-,30?/m0/s1. The third-order valence-corrected chi connectivity index (χ3v) is 11.0. The molecular formula is C30H39NO3. The fourth-order valence-electron chi connectivity index (χ4n) is 9.14. The quantitative estimate of drug-likeness (QED) is 0.444. The molecule has 182 valence electrons. The highest BCUT2D eigenvalue weighted by atomic mass is 16.7. The van der Waals surface area contributed by atoms with E-state index in [1.54, 1.807) is 0 Å². The molecule has 3 saturated carbocycles. The molecule has 4 aliphatic carbocycles. The minimum Gasteiger partial charge on any atom is -0.393 e. The number of nitrogens with zero attached hydrogens (tertiary/aromatic N) is 1. The van der Waals surface area contributed by atoms with E-state index in [0.29, 0.717) is 24.2 Å². The molecule has 34 heavy (non-hydrogen) atoms. The zero-order valence-electron chi connectivity index (χ0n) is 20.9. The average Bonchev–Trinajstić information content (AvgIpc) is 3.42. The first-order valence-electron chi connectivity index (χ1n) is 13.4. The number of aliphatic hydroxyl groups is 1. The van der Waals surface area contributed by atoms with E-state index in [0.717, 1.165) is 56.1 Å². The van der Waals surface area contributed by atoms with Gasteiger partial charge in [-0.05, 0) is 92.4 Å². The Morgan fingerprint density at radius 2 is 1.85 bits per heavy atom. The van der Waals surface area contributed by atoms with Crippen molar-refractivity contribution >= 4 is 12.0 Å². The number of fused-ring (bicyclic) bond motifs is 5. The Kier molecular flexibility index (Phi) is 5.15. The SMILES string of the molecule is Cc1ccc(C2=NOC(C=O)([C@H]3CC[C@H]4[C@@H]5CC=C6C[C@@H](O)CC[C@]6(C)[C@H]5CC[C@]34C)C2)cc1. The smallest absolute Gasteiger partial charge is 0.201 e. The lowest BCUT2D eigenvalue weighted by molar-refractivity contribution is -0.150. The highest BCUT2D eigenvalue weighted by Gasteiger charge is 2.64. The van der Waals surface area contributed by atoms with Gasteiger partial charge in [-0.1, -0.05) is 60.5 Å². The van der Waals surface area contributed by atoms with Crippen molar-refractivity contribution in [3.8, 4) is 0 Å². The summed E-state index contributed by atoms with van der Waals surface area (Å²) in [7, 11) is 0. The van der Waals surface area contributed by atoms with Crippen molar-refractivity contribution in [2.45, 2.75) is 90.3 Å². The predicted octanol–water partition coefficient (Wildman–Crippen LogP) is 6.00. The Bertz CT molecular complexity index is 1040. The maximum absolute atomic E-state index is 12.7. The monoisotopic (exact) mass is 461 g/mol. The maximum Gasteiger partial charge on any atom is 0.201 e. The van der Waals surface area contributed by atoms with Crippen LogP contribution in [0.2, 0.25) is 0 Å². The Morgan fingerprint density at radius 1 is 1.06 bits per heavy atom. The number of aliphatic hydroxyl groups excluding tert-OH is 1. The molecule has 4 nitrogen and oxygen atoms in total. The highest BCUT2D eigenvalue weighted by molar-refractivity contribution is 6.03.